The van der Waals surface area contributed by atoms with Crippen molar-refractivity contribution in [3.05, 3.63) is 69.3 Å². The minimum atomic E-state index is -0.487. The Balaban J connectivity index is 1.96. The van der Waals surface area contributed by atoms with E-state index in [4.69, 9.17) is 0 Å². The second-order valence-corrected chi connectivity index (χ2v) is 6.16. The molecule has 1 heterocycles. The average Bonchev–Trinajstić information content (AvgIpc) is 2.48. The van der Waals surface area contributed by atoms with Gasteiger partial charge in [0.15, 0.2) is 0 Å². The predicted octanol–water partition coefficient (Wildman–Crippen LogP) is 1.90. The minimum absolute atomic E-state index is 0.0338. The van der Waals surface area contributed by atoms with E-state index in [1.807, 2.05) is 18.2 Å². The van der Waals surface area contributed by atoms with Gasteiger partial charge in [-0.25, -0.2) is 0 Å². The number of hydrogen-bond acceptors (Lipinski definition) is 3. The average molecular weight is 329 g/mol. The number of nitrogens with zero attached hydrogens (tertiary/aromatic N) is 1. The van der Waals surface area contributed by atoms with Gasteiger partial charge in [0, 0.05) is 0 Å². The molecular formula is C15H10N2O2Se. The quantitative estimate of drug-likeness (QED) is 0.731. The first kappa shape index (κ1) is 12.8. The number of hydrogen-bond donors (Lipinski definition) is 1. The topological polar surface area (TPSA) is 59.1 Å². The van der Waals surface area contributed by atoms with Crippen LogP contribution in [0.5, 0.6) is 0 Å². The molecule has 2 aromatic carbocycles. The Bertz CT molecular complexity index is 828. The molecule has 0 aliphatic heterocycles. The van der Waals surface area contributed by atoms with Crippen LogP contribution in [0.1, 0.15) is 10.4 Å². The maximum atomic E-state index is 12.0. The normalized spacial score (nSPS) is 10.4. The van der Waals surface area contributed by atoms with Gasteiger partial charge in [0.2, 0.25) is 0 Å². The second-order valence-electron chi connectivity index (χ2n) is 4.14. The Morgan fingerprint density at radius 2 is 1.70 bits per heavy atom. The van der Waals surface area contributed by atoms with Gasteiger partial charge in [-0.3, -0.25) is 0 Å². The van der Waals surface area contributed by atoms with Gasteiger partial charge in [0.25, 0.3) is 0 Å². The fraction of sp³-hybridized carbons (Fsp3) is 0. The number of carbonyl (C=O) groups is 1. The first-order valence-electron chi connectivity index (χ1n) is 6.00. The molecule has 20 heavy (non-hydrogen) atoms. The van der Waals surface area contributed by atoms with E-state index in [1.165, 1.54) is 0 Å². The summed E-state index contributed by atoms with van der Waals surface area (Å²) in [6.45, 7) is 0. The zero-order valence-corrected chi connectivity index (χ0v) is 12.1. The van der Waals surface area contributed by atoms with E-state index >= 15 is 0 Å². The molecule has 3 rings (SSSR count). The standard InChI is InChI=1S/C15H10N2O2Se/c18-13(10-6-2-1-3-7-10)17-15-16-12-9-5-4-8-11(12)14(19)20-15/h1-9H,(H,16,17,18). The third kappa shape index (κ3) is 2.54. The molecule has 0 bridgehead atoms. The van der Waals surface area contributed by atoms with Gasteiger partial charge < -0.3 is 0 Å². The molecule has 0 saturated heterocycles. The molecule has 1 aromatic heterocycles. The number of anilines is 1. The van der Waals surface area contributed by atoms with Gasteiger partial charge in [0.1, 0.15) is 0 Å². The summed E-state index contributed by atoms with van der Waals surface area (Å²) < 4.78 is 0.488. The van der Waals surface area contributed by atoms with Crippen molar-refractivity contribution in [3.8, 4) is 0 Å². The molecule has 4 nitrogen and oxygen atoms in total. The SMILES string of the molecule is O=C(Nc1nc2ccccc2c(=O)[se]1)c1ccccc1. The van der Waals surface area contributed by atoms with Crippen LogP contribution in [0.15, 0.2) is 59.4 Å². The van der Waals surface area contributed by atoms with Gasteiger partial charge in [-0.1, -0.05) is 0 Å². The van der Waals surface area contributed by atoms with Crippen LogP contribution >= 0.6 is 0 Å². The van der Waals surface area contributed by atoms with Gasteiger partial charge in [-0.05, 0) is 0 Å². The Hall–Kier alpha value is -2.23. The summed E-state index contributed by atoms with van der Waals surface area (Å²) in [5, 5.41) is 3.35. The molecule has 0 spiro atoms. The first-order valence-corrected chi connectivity index (χ1v) is 7.71. The van der Waals surface area contributed by atoms with Gasteiger partial charge in [-0.2, -0.15) is 0 Å². The Morgan fingerprint density at radius 1 is 1.00 bits per heavy atom. The van der Waals surface area contributed by atoms with Crippen LogP contribution < -0.4 is 9.62 Å². The van der Waals surface area contributed by atoms with Gasteiger partial charge in [-0.15, -0.1) is 0 Å². The van der Waals surface area contributed by atoms with Gasteiger partial charge in [0.05, 0.1) is 0 Å². The number of para-hydroxylation sites is 1. The molecule has 0 aliphatic rings. The van der Waals surface area contributed by atoms with Crippen molar-refractivity contribution in [1.82, 2.24) is 4.98 Å². The van der Waals surface area contributed by atoms with E-state index in [0.29, 0.717) is 21.2 Å². The second kappa shape index (κ2) is 5.41. The number of benzene rings is 2. The molecule has 3 aromatic rings. The summed E-state index contributed by atoms with van der Waals surface area (Å²) in [7, 11) is 0. The summed E-state index contributed by atoms with van der Waals surface area (Å²) in [4.78, 5) is 28.4. The number of fused-ring (bicyclic) bond motifs is 1. The van der Waals surface area contributed by atoms with Crippen molar-refractivity contribution in [1.29, 1.82) is 0 Å². The van der Waals surface area contributed by atoms with Crippen molar-refractivity contribution in [2.75, 3.05) is 5.32 Å². The summed E-state index contributed by atoms with van der Waals surface area (Å²) in [6, 6.07) is 16.1. The van der Waals surface area contributed by atoms with E-state index in [2.05, 4.69) is 10.3 Å². The van der Waals surface area contributed by atoms with Gasteiger partial charge >= 0.3 is 120 Å². The van der Waals surface area contributed by atoms with Crippen LogP contribution in [0, 0.1) is 0 Å². The van der Waals surface area contributed by atoms with E-state index in [0.717, 1.165) is 0 Å². The summed E-state index contributed by atoms with van der Waals surface area (Å²) in [5.41, 5.74) is 1.17. The number of aromatic nitrogens is 1. The zero-order chi connectivity index (χ0) is 13.9. The molecule has 0 unspecified atom stereocenters. The molecule has 0 fully saturated rings. The van der Waals surface area contributed by atoms with E-state index in [9.17, 15) is 9.59 Å². The molecule has 5 heteroatoms. The fourth-order valence-electron chi connectivity index (χ4n) is 1.83. The Kier molecular flexibility index (Phi) is 3.46. The molecule has 98 valence electrons. The maximum absolute atomic E-state index is 12.0. The van der Waals surface area contributed by atoms with Crippen LogP contribution in [-0.4, -0.2) is 25.4 Å². The third-order valence-corrected chi connectivity index (χ3v) is 4.45. The number of amides is 1. The molecule has 0 saturated carbocycles. The van der Waals surface area contributed by atoms with Crippen molar-refractivity contribution < 1.29 is 4.79 Å². The molecular weight excluding hydrogens is 319 g/mol. The third-order valence-electron chi connectivity index (χ3n) is 2.79. The molecule has 0 aliphatic carbocycles. The zero-order valence-electron chi connectivity index (χ0n) is 10.4. The molecule has 1 amide bonds. The molecule has 0 radical (unpaired) electrons. The van der Waals surface area contributed by atoms with E-state index in [-0.39, 0.29) is 10.2 Å². The Morgan fingerprint density at radius 3 is 2.50 bits per heavy atom. The van der Waals surface area contributed by atoms with Crippen molar-refractivity contribution in [3.63, 3.8) is 0 Å². The Labute approximate surface area is 120 Å². The van der Waals surface area contributed by atoms with Crippen molar-refractivity contribution in [2.45, 2.75) is 0 Å². The van der Waals surface area contributed by atoms with Crippen LogP contribution in [0.25, 0.3) is 10.9 Å². The summed E-state index contributed by atoms with van der Waals surface area (Å²) in [6.07, 6.45) is 0. The fourth-order valence-corrected chi connectivity index (χ4v) is 3.40. The number of rotatable bonds is 2. The number of nitrogens with one attached hydrogen (secondary N) is 1. The van der Waals surface area contributed by atoms with Crippen LogP contribution in [0.2, 0.25) is 0 Å². The van der Waals surface area contributed by atoms with Crippen molar-refractivity contribution in [2.24, 2.45) is 0 Å². The number of carbonyl (C=O) groups excluding carboxylic acids is 1. The van der Waals surface area contributed by atoms with Crippen LogP contribution in [0.3, 0.4) is 0 Å². The van der Waals surface area contributed by atoms with Crippen molar-refractivity contribution >= 4 is 36.0 Å². The predicted molar refractivity (Wildman–Crippen MR) is 79.3 cm³/mol. The monoisotopic (exact) mass is 330 g/mol. The van der Waals surface area contributed by atoms with E-state index in [1.54, 1.807) is 36.4 Å². The molecule has 0 atom stereocenters. The van der Waals surface area contributed by atoms with Crippen LogP contribution in [-0.2, 0) is 0 Å². The van der Waals surface area contributed by atoms with Crippen LogP contribution in [0.4, 0.5) is 4.69 Å². The summed E-state index contributed by atoms with van der Waals surface area (Å²) >= 11 is -0.487. The first-order chi connectivity index (χ1) is 9.74. The summed E-state index contributed by atoms with van der Waals surface area (Å²) in [5.74, 6) is -0.238. The van der Waals surface area contributed by atoms with E-state index < -0.39 is 14.5 Å². The molecule has 1 N–H and O–H groups in total.